The molecule has 1 aromatic carbocycles. The highest BCUT2D eigenvalue weighted by molar-refractivity contribution is 6.00. The van der Waals surface area contributed by atoms with Crippen LogP contribution in [0, 0.1) is 0 Å². The first-order valence-corrected chi connectivity index (χ1v) is 14.0. The van der Waals surface area contributed by atoms with Gasteiger partial charge in [0, 0.05) is 64.5 Å². The zero-order chi connectivity index (χ0) is 27.9. The first kappa shape index (κ1) is 27.2. The third-order valence-electron chi connectivity index (χ3n) is 8.06. The van der Waals surface area contributed by atoms with Crippen molar-refractivity contribution < 1.29 is 19.1 Å². The first-order chi connectivity index (χ1) is 18.5. The molecule has 3 amide bonds. The minimum atomic E-state index is -0.687. The van der Waals surface area contributed by atoms with Crippen molar-refractivity contribution in [3.8, 4) is 0 Å². The normalized spacial score (nSPS) is 23.3. The fourth-order valence-electron chi connectivity index (χ4n) is 6.02. The van der Waals surface area contributed by atoms with E-state index in [-0.39, 0.29) is 30.2 Å². The summed E-state index contributed by atoms with van der Waals surface area (Å²) in [6, 6.07) is 5.40. The highest BCUT2D eigenvalue weighted by Gasteiger charge is 2.33. The van der Waals surface area contributed by atoms with Crippen LogP contribution in [0.5, 0.6) is 0 Å². The van der Waals surface area contributed by atoms with Crippen molar-refractivity contribution in [1.29, 1.82) is 0 Å². The molecule has 1 aromatic heterocycles. The van der Waals surface area contributed by atoms with Crippen LogP contribution in [-0.2, 0) is 21.4 Å². The van der Waals surface area contributed by atoms with E-state index in [9.17, 15) is 19.2 Å². The molecule has 0 saturated carbocycles. The van der Waals surface area contributed by atoms with E-state index in [4.69, 9.17) is 4.74 Å². The number of imide groups is 1. The Balaban J connectivity index is 1.25. The highest BCUT2D eigenvalue weighted by Crippen LogP contribution is 2.28. The summed E-state index contributed by atoms with van der Waals surface area (Å²) in [6.07, 6.45) is 3.46. The van der Waals surface area contributed by atoms with Crippen LogP contribution in [0.25, 0.3) is 11.0 Å². The zero-order valence-corrected chi connectivity index (χ0v) is 23.4. The number of hydrogen-bond acceptors (Lipinski definition) is 7. The standard InChI is InChI=1S/C28H40N6O5/c1-28(2,3)39-27(38)33-12-6-5-7-20(33)18-31-13-15-32(16-14-31)19-8-9-21-23(17-19)30(4)26(37)34(21)22-10-11-24(35)29-25(22)36/h8-9,17,20,22H,5-7,10-16,18H2,1-4H3,(H,29,35,36). The summed E-state index contributed by atoms with van der Waals surface area (Å²) >= 11 is 0. The van der Waals surface area contributed by atoms with Crippen LogP contribution in [0.4, 0.5) is 10.5 Å². The summed E-state index contributed by atoms with van der Waals surface area (Å²) in [4.78, 5) is 56.6. The van der Waals surface area contributed by atoms with Crippen LogP contribution in [-0.4, -0.2) is 87.8 Å². The number of amides is 3. The van der Waals surface area contributed by atoms with Crippen molar-refractivity contribution in [2.75, 3.05) is 44.2 Å². The van der Waals surface area contributed by atoms with Crippen molar-refractivity contribution in [2.24, 2.45) is 7.05 Å². The number of imidazole rings is 1. The van der Waals surface area contributed by atoms with Crippen LogP contribution in [0.1, 0.15) is 58.9 Å². The van der Waals surface area contributed by atoms with Gasteiger partial charge in [-0.05, 0) is 64.7 Å². The Hall–Kier alpha value is -3.34. The quantitative estimate of drug-likeness (QED) is 0.593. The minimum absolute atomic E-state index is 0.165. The molecule has 2 aromatic rings. The third kappa shape index (κ3) is 5.68. The Morgan fingerprint density at radius 1 is 1.00 bits per heavy atom. The summed E-state index contributed by atoms with van der Waals surface area (Å²) < 4.78 is 8.76. The SMILES string of the molecule is Cn1c(=O)n(C2CCC(=O)NC2=O)c2ccc(N3CCN(CC4CCCCN4C(=O)OC(C)(C)C)CC3)cc21. The molecule has 0 radical (unpaired) electrons. The Bertz CT molecular complexity index is 1320. The fourth-order valence-corrected chi connectivity index (χ4v) is 6.02. The van der Waals surface area contributed by atoms with E-state index in [1.54, 1.807) is 11.6 Å². The molecule has 0 spiro atoms. The Kier molecular flexibility index (Phi) is 7.45. The maximum Gasteiger partial charge on any atom is 0.410 e. The lowest BCUT2D eigenvalue weighted by atomic mass is 10.0. The summed E-state index contributed by atoms with van der Waals surface area (Å²) in [7, 11) is 1.72. The number of nitrogens with zero attached hydrogens (tertiary/aromatic N) is 5. The molecule has 3 saturated heterocycles. The Morgan fingerprint density at radius 2 is 1.74 bits per heavy atom. The number of nitrogens with one attached hydrogen (secondary N) is 1. The number of carbonyl (C=O) groups excluding carboxylic acids is 3. The van der Waals surface area contributed by atoms with Gasteiger partial charge in [0.1, 0.15) is 11.6 Å². The summed E-state index contributed by atoms with van der Waals surface area (Å²) in [6.45, 7) is 10.7. The van der Waals surface area contributed by atoms with E-state index in [0.717, 1.165) is 69.7 Å². The van der Waals surface area contributed by atoms with Gasteiger partial charge >= 0.3 is 11.8 Å². The molecule has 2 atom stereocenters. The van der Waals surface area contributed by atoms with Crippen molar-refractivity contribution in [2.45, 2.75) is 70.6 Å². The number of aryl methyl sites for hydroxylation is 1. The molecule has 3 aliphatic rings. The molecule has 4 heterocycles. The Labute approximate surface area is 228 Å². The van der Waals surface area contributed by atoms with E-state index >= 15 is 0 Å². The molecule has 1 N–H and O–H groups in total. The van der Waals surface area contributed by atoms with Gasteiger partial charge in [-0.2, -0.15) is 0 Å². The molecule has 212 valence electrons. The largest absolute Gasteiger partial charge is 0.444 e. The first-order valence-electron chi connectivity index (χ1n) is 14.0. The third-order valence-corrected chi connectivity index (χ3v) is 8.06. The number of likely N-dealkylation sites (tertiary alicyclic amines) is 1. The lowest BCUT2D eigenvalue weighted by Gasteiger charge is -2.42. The second-order valence-corrected chi connectivity index (χ2v) is 12.0. The molecule has 11 nitrogen and oxygen atoms in total. The summed E-state index contributed by atoms with van der Waals surface area (Å²) in [5, 5.41) is 2.36. The maximum absolute atomic E-state index is 13.1. The number of piperidine rings is 2. The average Bonchev–Trinajstić information content (AvgIpc) is 3.13. The maximum atomic E-state index is 13.1. The molecule has 3 fully saturated rings. The summed E-state index contributed by atoms with van der Waals surface area (Å²) in [5.74, 6) is -0.726. The average molecular weight is 541 g/mol. The predicted molar refractivity (Wildman–Crippen MR) is 148 cm³/mol. The molecule has 0 aliphatic carbocycles. The van der Waals surface area contributed by atoms with Gasteiger partial charge < -0.3 is 14.5 Å². The minimum Gasteiger partial charge on any atom is -0.444 e. The van der Waals surface area contributed by atoms with Gasteiger partial charge in [-0.25, -0.2) is 9.59 Å². The molecule has 5 rings (SSSR count). The monoisotopic (exact) mass is 540 g/mol. The number of anilines is 1. The Morgan fingerprint density at radius 3 is 2.44 bits per heavy atom. The van der Waals surface area contributed by atoms with Gasteiger partial charge in [-0.1, -0.05) is 0 Å². The van der Waals surface area contributed by atoms with Crippen molar-refractivity contribution >= 4 is 34.6 Å². The molecule has 2 unspecified atom stereocenters. The van der Waals surface area contributed by atoms with Crippen LogP contribution in [0.15, 0.2) is 23.0 Å². The van der Waals surface area contributed by atoms with Gasteiger partial charge in [0.05, 0.1) is 11.0 Å². The van der Waals surface area contributed by atoms with Crippen molar-refractivity contribution in [3.05, 3.63) is 28.7 Å². The molecule has 0 bridgehead atoms. The molecular formula is C28H40N6O5. The summed E-state index contributed by atoms with van der Waals surface area (Å²) in [5.41, 5.74) is 1.73. The second kappa shape index (κ2) is 10.7. The van der Waals surface area contributed by atoms with Crippen molar-refractivity contribution in [1.82, 2.24) is 24.3 Å². The van der Waals surface area contributed by atoms with E-state index < -0.39 is 17.6 Å². The topological polar surface area (TPSA) is 109 Å². The van der Waals surface area contributed by atoms with E-state index in [0.29, 0.717) is 11.9 Å². The van der Waals surface area contributed by atoms with E-state index in [2.05, 4.69) is 15.1 Å². The van der Waals surface area contributed by atoms with Gasteiger partial charge in [0.15, 0.2) is 0 Å². The number of hydrogen-bond donors (Lipinski definition) is 1. The number of carbonyl (C=O) groups is 3. The molecule has 39 heavy (non-hydrogen) atoms. The lowest BCUT2D eigenvalue weighted by Crippen LogP contribution is -2.54. The van der Waals surface area contributed by atoms with Gasteiger partial charge in [0.2, 0.25) is 11.8 Å². The second-order valence-electron chi connectivity index (χ2n) is 12.0. The van der Waals surface area contributed by atoms with Gasteiger partial charge in [-0.3, -0.25) is 28.9 Å². The number of ether oxygens (including phenoxy) is 1. The number of aromatic nitrogens is 2. The van der Waals surface area contributed by atoms with Crippen LogP contribution >= 0.6 is 0 Å². The van der Waals surface area contributed by atoms with Crippen molar-refractivity contribution in [3.63, 3.8) is 0 Å². The highest BCUT2D eigenvalue weighted by atomic mass is 16.6. The van der Waals surface area contributed by atoms with Crippen LogP contribution < -0.4 is 15.9 Å². The number of piperazine rings is 1. The molecule has 3 aliphatic heterocycles. The molecular weight excluding hydrogens is 500 g/mol. The molecule has 11 heteroatoms. The lowest BCUT2D eigenvalue weighted by molar-refractivity contribution is -0.135. The predicted octanol–water partition coefficient (Wildman–Crippen LogP) is 2.23. The van der Waals surface area contributed by atoms with E-state index in [1.807, 2.05) is 43.9 Å². The van der Waals surface area contributed by atoms with Gasteiger partial charge in [-0.15, -0.1) is 0 Å². The number of fused-ring (bicyclic) bond motifs is 1. The van der Waals surface area contributed by atoms with Crippen LogP contribution in [0.3, 0.4) is 0 Å². The van der Waals surface area contributed by atoms with E-state index in [1.165, 1.54) is 4.57 Å². The number of benzene rings is 1. The smallest absolute Gasteiger partial charge is 0.410 e. The number of rotatable bonds is 4. The van der Waals surface area contributed by atoms with Gasteiger partial charge in [0.25, 0.3) is 0 Å². The zero-order valence-electron chi connectivity index (χ0n) is 23.4. The van der Waals surface area contributed by atoms with Crippen LogP contribution in [0.2, 0.25) is 0 Å². The fraction of sp³-hybridized carbons (Fsp3) is 0.643.